The van der Waals surface area contributed by atoms with Gasteiger partial charge < -0.3 is 4.90 Å². The summed E-state index contributed by atoms with van der Waals surface area (Å²) in [6.07, 6.45) is 4.17. The van der Waals surface area contributed by atoms with E-state index in [1.54, 1.807) is 16.6 Å². The first-order valence-corrected chi connectivity index (χ1v) is 8.16. The molecule has 2 rings (SSSR count). The predicted octanol–water partition coefficient (Wildman–Crippen LogP) is 0.0497. The molecule has 1 amide bonds. The first-order chi connectivity index (χ1) is 9.42. The molecule has 1 aliphatic heterocycles. The van der Waals surface area contributed by atoms with Crippen LogP contribution in [0.25, 0.3) is 0 Å². The van der Waals surface area contributed by atoms with E-state index in [0.717, 1.165) is 6.42 Å². The minimum Gasteiger partial charge on any atom is -0.345 e. The number of hydrogen-bond acceptors (Lipinski definition) is 4. The molecule has 0 spiro atoms. The summed E-state index contributed by atoms with van der Waals surface area (Å²) in [5.74, 6) is 0.0953. The van der Waals surface area contributed by atoms with E-state index in [1.807, 2.05) is 6.92 Å². The standard InChI is InChI=1S/C12H20N4O3S/c1-3-4-16-9-11(7-13-16)20(18,19)14-6-10-5-12(17)15(2)8-10/h7,9-10,14H,3-6,8H2,1-2H3. The van der Waals surface area contributed by atoms with E-state index in [9.17, 15) is 13.2 Å². The molecule has 2 heterocycles. The minimum atomic E-state index is -3.54. The average molecular weight is 300 g/mol. The zero-order valence-electron chi connectivity index (χ0n) is 11.7. The lowest BCUT2D eigenvalue weighted by molar-refractivity contribution is -0.126. The molecule has 1 saturated heterocycles. The largest absolute Gasteiger partial charge is 0.345 e. The molecule has 7 nitrogen and oxygen atoms in total. The first-order valence-electron chi connectivity index (χ1n) is 6.68. The van der Waals surface area contributed by atoms with Crippen molar-refractivity contribution in [3.8, 4) is 0 Å². The molecule has 0 aromatic carbocycles. The summed E-state index contributed by atoms with van der Waals surface area (Å²) in [4.78, 5) is 13.2. The quantitative estimate of drug-likeness (QED) is 0.804. The van der Waals surface area contributed by atoms with Crippen LogP contribution in [0, 0.1) is 5.92 Å². The minimum absolute atomic E-state index is 0.0351. The summed E-state index contributed by atoms with van der Waals surface area (Å²) in [7, 11) is -1.82. The summed E-state index contributed by atoms with van der Waals surface area (Å²) < 4.78 is 28.4. The van der Waals surface area contributed by atoms with Crippen molar-refractivity contribution in [1.29, 1.82) is 0 Å². The molecule has 1 atom stereocenters. The Morgan fingerprint density at radius 3 is 2.85 bits per heavy atom. The van der Waals surface area contributed by atoms with Crippen molar-refractivity contribution < 1.29 is 13.2 Å². The van der Waals surface area contributed by atoms with Gasteiger partial charge in [0.2, 0.25) is 15.9 Å². The molecule has 112 valence electrons. The van der Waals surface area contributed by atoms with Crippen molar-refractivity contribution >= 4 is 15.9 Å². The van der Waals surface area contributed by atoms with E-state index in [0.29, 0.717) is 19.5 Å². The van der Waals surface area contributed by atoms with Gasteiger partial charge in [-0.25, -0.2) is 13.1 Å². The van der Waals surface area contributed by atoms with Gasteiger partial charge in [0.25, 0.3) is 0 Å². The van der Waals surface area contributed by atoms with E-state index >= 15 is 0 Å². The number of amides is 1. The second-order valence-corrected chi connectivity index (χ2v) is 6.90. The second-order valence-electron chi connectivity index (χ2n) is 5.14. The van der Waals surface area contributed by atoms with Gasteiger partial charge in [0, 0.05) is 39.3 Å². The van der Waals surface area contributed by atoms with Crippen LogP contribution in [-0.2, 0) is 21.4 Å². The van der Waals surface area contributed by atoms with Gasteiger partial charge >= 0.3 is 0 Å². The van der Waals surface area contributed by atoms with Crippen LogP contribution >= 0.6 is 0 Å². The fraction of sp³-hybridized carbons (Fsp3) is 0.667. The van der Waals surface area contributed by atoms with Gasteiger partial charge in [0.1, 0.15) is 4.90 Å². The second kappa shape index (κ2) is 5.92. The number of carbonyl (C=O) groups is 1. The lowest BCUT2D eigenvalue weighted by Crippen LogP contribution is -2.30. The van der Waals surface area contributed by atoms with E-state index < -0.39 is 10.0 Å². The number of carbonyl (C=O) groups excluding carboxylic acids is 1. The van der Waals surface area contributed by atoms with Gasteiger partial charge in [-0.05, 0) is 12.3 Å². The first kappa shape index (κ1) is 15.0. The Hall–Kier alpha value is -1.41. The monoisotopic (exact) mass is 300 g/mol. The number of rotatable bonds is 6. The Kier molecular flexibility index (Phi) is 4.44. The van der Waals surface area contributed by atoms with Crippen LogP contribution < -0.4 is 4.72 Å². The molecule has 0 aliphatic carbocycles. The summed E-state index contributed by atoms with van der Waals surface area (Å²) >= 11 is 0. The lowest BCUT2D eigenvalue weighted by Gasteiger charge is -2.11. The summed E-state index contributed by atoms with van der Waals surface area (Å²) in [5.41, 5.74) is 0. The van der Waals surface area contributed by atoms with Crippen molar-refractivity contribution in [1.82, 2.24) is 19.4 Å². The highest BCUT2D eigenvalue weighted by molar-refractivity contribution is 7.89. The van der Waals surface area contributed by atoms with Crippen LogP contribution in [0.15, 0.2) is 17.3 Å². The molecule has 1 unspecified atom stereocenters. The van der Waals surface area contributed by atoms with Crippen LogP contribution in [0.4, 0.5) is 0 Å². The van der Waals surface area contributed by atoms with Gasteiger partial charge in [-0.2, -0.15) is 5.10 Å². The van der Waals surface area contributed by atoms with Gasteiger partial charge in [0.15, 0.2) is 0 Å². The zero-order valence-corrected chi connectivity index (χ0v) is 12.6. The normalized spacial score (nSPS) is 19.8. The zero-order chi connectivity index (χ0) is 14.8. The van der Waals surface area contributed by atoms with Crippen molar-refractivity contribution in [3.05, 3.63) is 12.4 Å². The number of nitrogens with one attached hydrogen (secondary N) is 1. The highest BCUT2D eigenvalue weighted by Crippen LogP contribution is 2.16. The Morgan fingerprint density at radius 1 is 1.50 bits per heavy atom. The smallest absolute Gasteiger partial charge is 0.243 e. The molecule has 0 bridgehead atoms. The Balaban J connectivity index is 1.95. The summed E-state index contributed by atoms with van der Waals surface area (Å²) in [5, 5.41) is 4.01. The number of hydrogen-bond donors (Lipinski definition) is 1. The maximum atomic E-state index is 12.1. The van der Waals surface area contributed by atoms with Gasteiger partial charge in [-0.3, -0.25) is 9.48 Å². The molecular formula is C12H20N4O3S. The van der Waals surface area contributed by atoms with Gasteiger partial charge in [0.05, 0.1) is 6.20 Å². The van der Waals surface area contributed by atoms with Crippen molar-refractivity contribution in [2.24, 2.45) is 5.92 Å². The highest BCUT2D eigenvalue weighted by Gasteiger charge is 2.28. The van der Waals surface area contributed by atoms with Crippen molar-refractivity contribution in [2.75, 3.05) is 20.1 Å². The van der Waals surface area contributed by atoms with E-state index in [-0.39, 0.29) is 23.3 Å². The SMILES string of the molecule is CCCn1cc(S(=O)(=O)NCC2CC(=O)N(C)C2)cn1. The number of sulfonamides is 1. The van der Waals surface area contributed by atoms with Crippen LogP contribution in [0.3, 0.4) is 0 Å². The molecule has 0 radical (unpaired) electrons. The third-order valence-corrected chi connectivity index (χ3v) is 4.73. The third-order valence-electron chi connectivity index (χ3n) is 3.36. The molecule has 1 aromatic rings. The van der Waals surface area contributed by atoms with Gasteiger partial charge in [-0.1, -0.05) is 6.92 Å². The van der Waals surface area contributed by atoms with E-state index in [2.05, 4.69) is 9.82 Å². The van der Waals surface area contributed by atoms with E-state index in [4.69, 9.17) is 0 Å². The van der Waals surface area contributed by atoms with E-state index in [1.165, 1.54) is 12.4 Å². The summed E-state index contributed by atoms with van der Waals surface area (Å²) in [6.45, 7) is 3.56. The fourth-order valence-corrected chi connectivity index (χ4v) is 3.31. The Bertz CT molecular complexity index is 581. The number of likely N-dealkylation sites (tertiary alicyclic amines) is 1. The summed E-state index contributed by atoms with van der Waals surface area (Å²) in [6, 6.07) is 0. The third kappa shape index (κ3) is 3.37. The average Bonchev–Trinajstić information content (AvgIpc) is 2.96. The molecule has 1 fully saturated rings. The molecule has 8 heteroatoms. The number of nitrogens with zero attached hydrogens (tertiary/aromatic N) is 3. The number of aryl methyl sites for hydroxylation is 1. The van der Waals surface area contributed by atoms with Gasteiger partial charge in [-0.15, -0.1) is 0 Å². The van der Waals surface area contributed by atoms with Crippen LogP contribution in [0.5, 0.6) is 0 Å². The van der Waals surface area contributed by atoms with Crippen LogP contribution in [0.2, 0.25) is 0 Å². The van der Waals surface area contributed by atoms with Crippen molar-refractivity contribution in [2.45, 2.75) is 31.2 Å². The predicted molar refractivity (Wildman–Crippen MR) is 73.5 cm³/mol. The molecule has 20 heavy (non-hydrogen) atoms. The maximum absolute atomic E-state index is 12.1. The Labute approximate surface area is 119 Å². The molecule has 1 aliphatic rings. The highest BCUT2D eigenvalue weighted by atomic mass is 32.2. The lowest BCUT2D eigenvalue weighted by atomic mass is 10.1. The fourth-order valence-electron chi connectivity index (χ4n) is 2.24. The maximum Gasteiger partial charge on any atom is 0.243 e. The molecule has 1 N–H and O–H groups in total. The number of aromatic nitrogens is 2. The Morgan fingerprint density at radius 2 is 2.25 bits per heavy atom. The van der Waals surface area contributed by atoms with Crippen LogP contribution in [-0.4, -0.2) is 49.1 Å². The van der Waals surface area contributed by atoms with Crippen LogP contribution in [0.1, 0.15) is 19.8 Å². The molecular weight excluding hydrogens is 280 g/mol. The molecule has 1 aromatic heterocycles. The van der Waals surface area contributed by atoms with Crippen molar-refractivity contribution in [3.63, 3.8) is 0 Å². The topological polar surface area (TPSA) is 84.3 Å². The molecule has 0 saturated carbocycles.